The molecule has 1 saturated heterocycles. The van der Waals surface area contributed by atoms with Crippen molar-refractivity contribution < 1.29 is 4.42 Å². The van der Waals surface area contributed by atoms with Crippen molar-refractivity contribution >= 4 is 16.9 Å². The summed E-state index contributed by atoms with van der Waals surface area (Å²) in [6.07, 6.45) is 1.96. The quantitative estimate of drug-likeness (QED) is 0.647. The topological polar surface area (TPSA) is 57.2 Å². The van der Waals surface area contributed by atoms with E-state index in [1.54, 1.807) is 0 Å². The standard InChI is InChI=1S/C25H25N2O2/c1-4-19-14-17(2)15-21-22(28)18(3)24(29-23(19)21)27-12-10-25(16-26,11-13-27)20-8-6-5-7-9-20/h5-9,14-15H,1,4,10-13H2,2-3H3. The molecule has 1 aliphatic rings. The van der Waals surface area contributed by atoms with Gasteiger partial charge in [0, 0.05) is 13.1 Å². The summed E-state index contributed by atoms with van der Waals surface area (Å²) in [7, 11) is 0. The molecule has 0 N–H and O–H groups in total. The van der Waals surface area contributed by atoms with Gasteiger partial charge in [0.1, 0.15) is 5.58 Å². The number of fused-ring (bicyclic) bond motifs is 1. The van der Waals surface area contributed by atoms with Crippen molar-refractivity contribution in [1.29, 1.82) is 5.26 Å². The van der Waals surface area contributed by atoms with Crippen molar-refractivity contribution in [1.82, 2.24) is 0 Å². The zero-order chi connectivity index (χ0) is 20.6. The molecular weight excluding hydrogens is 360 g/mol. The molecular formula is C25H25N2O2. The first-order valence-corrected chi connectivity index (χ1v) is 10.1. The van der Waals surface area contributed by atoms with Crippen LogP contribution in [0.2, 0.25) is 0 Å². The first kappa shape index (κ1) is 19.3. The number of nitrogens with zero attached hydrogens (tertiary/aromatic N) is 2. The SMILES string of the molecule is [CH2]Cc1cc(C)cc2c(=O)c(C)c(N3CCC(C#N)(c4ccccc4)CC3)oc12. The number of benzene rings is 2. The Kier molecular flexibility index (Phi) is 4.92. The zero-order valence-electron chi connectivity index (χ0n) is 17.0. The Hall–Kier alpha value is -3.06. The fourth-order valence-electron chi connectivity index (χ4n) is 4.41. The Morgan fingerprint density at radius 1 is 1.17 bits per heavy atom. The van der Waals surface area contributed by atoms with E-state index >= 15 is 0 Å². The van der Waals surface area contributed by atoms with Gasteiger partial charge in [0.15, 0.2) is 5.43 Å². The van der Waals surface area contributed by atoms with Gasteiger partial charge in [-0.3, -0.25) is 4.79 Å². The van der Waals surface area contributed by atoms with E-state index < -0.39 is 5.41 Å². The highest BCUT2D eigenvalue weighted by Crippen LogP contribution is 2.37. The summed E-state index contributed by atoms with van der Waals surface area (Å²) >= 11 is 0. The van der Waals surface area contributed by atoms with Crippen LogP contribution in [0.25, 0.3) is 11.0 Å². The van der Waals surface area contributed by atoms with Crippen LogP contribution in [-0.2, 0) is 11.8 Å². The monoisotopic (exact) mass is 385 g/mol. The Bertz CT molecular complexity index is 1150. The molecule has 0 saturated carbocycles. The second-order valence-electron chi connectivity index (χ2n) is 7.96. The summed E-state index contributed by atoms with van der Waals surface area (Å²) in [5, 5.41) is 10.6. The largest absolute Gasteiger partial charge is 0.440 e. The van der Waals surface area contributed by atoms with Crippen molar-refractivity contribution in [2.24, 2.45) is 0 Å². The van der Waals surface area contributed by atoms with Gasteiger partial charge in [0.05, 0.1) is 22.4 Å². The highest BCUT2D eigenvalue weighted by molar-refractivity contribution is 5.83. The molecule has 0 spiro atoms. The molecule has 0 atom stereocenters. The fraction of sp³-hybridized carbons (Fsp3) is 0.320. The van der Waals surface area contributed by atoms with Crippen LogP contribution >= 0.6 is 0 Å². The summed E-state index contributed by atoms with van der Waals surface area (Å²) in [5.41, 5.74) is 3.84. The van der Waals surface area contributed by atoms with Crippen LogP contribution in [0.4, 0.5) is 5.88 Å². The van der Waals surface area contributed by atoms with E-state index in [1.165, 1.54) is 0 Å². The number of hydrogen-bond acceptors (Lipinski definition) is 4. The molecule has 147 valence electrons. The second-order valence-corrected chi connectivity index (χ2v) is 7.96. The summed E-state index contributed by atoms with van der Waals surface area (Å²) in [4.78, 5) is 15.2. The van der Waals surface area contributed by atoms with Gasteiger partial charge in [-0.15, -0.1) is 0 Å². The third kappa shape index (κ3) is 3.21. The molecule has 1 aliphatic heterocycles. The van der Waals surface area contributed by atoms with Gasteiger partial charge >= 0.3 is 0 Å². The molecule has 0 aliphatic carbocycles. The lowest BCUT2D eigenvalue weighted by molar-refractivity contribution is 0.399. The zero-order valence-corrected chi connectivity index (χ0v) is 17.0. The third-order valence-corrected chi connectivity index (χ3v) is 6.13. The highest BCUT2D eigenvalue weighted by Gasteiger charge is 2.37. The van der Waals surface area contributed by atoms with Gasteiger partial charge in [-0.1, -0.05) is 36.4 Å². The Balaban J connectivity index is 1.72. The molecule has 0 amide bonds. The maximum absolute atomic E-state index is 13.1. The van der Waals surface area contributed by atoms with Gasteiger partial charge in [-0.25, -0.2) is 0 Å². The number of rotatable bonds is 3. The predicted octanol–water partition coefficient (Wildman–Crippen LogP) is 4.85. The lowest BCUT2D eigenvalue weighted by atomic mass is 9.74. The van der Waals surface area contributed by atoms with Crippen LogP contribution in [0.1, 0.15) is 35.1 Å². The lowest BCUT2D eigenvalue weighted by Gasteiger charge is -2.38. The van der Waals surface area contributed by atoms with Crippen LogP contribution in [-0.4, -0.2) is 13.1 Å². The molecule has 4 nitrogen and oxygen atoms in total. The fourth-order valence-corrected chi connectivity index (χ4v) is 4.41. The van der Waals surface area contributed by atoms with E-state index in [-0.39, 0.29) is 5.43 Å². The molecule has 4 heteroatoms. The smallest absolute Gasteiger partial charge is 0.202 e. The van der Waals surface area contributed by atoms with Crippen molar-refractivity contribution in [2.75, 3.05) is 18.0 Å². The maximum Gasteiger partial charge on any atom is 0.202 e. The van der Waals surface area contributed by atoms with E-state index in [9.17, 15) is 10.1 Å². The number of nitriles is 1. The minimum Gasteiger partial charge on any atom is -0.440 e. The van der Waals surface area contributed by atoms with Crippen molar-refractivity contribution in [3.63, 3.8) is 0 Å². The average molecular weight is 385 g/mol. The van der Waals surface area contributed by atoms with E-state index in [4.69, 9.17) is 4.42 Å². The van der Waals surface area contributed by atoms with Crippen molar-refractivity contribution in [3.05, 3.63) is 81.9 Å². The Morgan fingerprint density at radius 2 is 1.86 bits per heavy atom. The van der Waals surface area contributed by atoms with Crippen LogP contribution in [0, 0.1) is 32.1 Å². The van der Waals surface area contributed by atoms with Crippen LogP contribution < -0.4 is 10.3 Å². The normalized spacial score (nSPS) is 16.0. The predicted molar refractivity (Wildman–Crippen MR) is 116 cm³/mol. The van der Waals surface area contributed by atoms with Crippen LogP contribution in [0.3, 0.4) is 0 Å². The van der Waals surface area contributed by atoms with E-state index in [0.29, 0.717) is 54.8 Å². The van der Waals surface area contributed by atoms with Crippen molar-refractivity contribution in [2.45, 2.75) is 38.5 Å². The number of anilines is 1. The molecule has 2 aromatic carbocycles. The molecule has 29 heavy (non-hydrogen) atoms. The van der Waals surface area contributed by atoms with E-state index in [2.05, 4.69) is 17.9 Å². The minimum atomic E-state index is -0.488. The molecule has 0 unspecified atom stereocenters. The van der Waals surface area contributed by atoms with E-state index in [1.807, 2.05) is 56.3 Å². The molecule has 4 rings (SSSR count). The second kappa shape index (κ2) is 7.40. The van der Waals surface area contributed by atoms with Gasteiger partial charge in [0.25, 0.3) is 0 Å². The minimum absolute atomic E-state index is 0.0137. The molecule has 0 bridgehead atoms. The van der Waals surface area contributed by atoms with Gasteiger partial charge in [-0.05, 0) is 62.8 Å². The Labute approximate surface area is 171 Å². The summed E-state index contributed by atoms with van der Waals surface area (Å²) in [6, 6.07) is 16.5. The molecule has 1 fully saturated rings. The summed E-state index contributed by atoms with van der Waals surface area (Å²) in [5.74, 6) is 0.626. The van der Waals surface area contributed by atoms with Crippen LogP contribution in [0.5, 0.6) is 0 Å². The summed E-state index contributed by atoms with van der Waals surface area (Å²) in [6.45, 7) is 9.15. The number of aryl methyl sites for hydroxylation is 1. The average Bonchev–Trinajstić information content (AvgIpc) is 2.77. The van der Waals surface area contributed by atoms with Gasteiger partial charge in [0.2, 0.25) is 5.88 Å². The lowest BCUT2D eigenvalue weighted by Crippen LogP contribution is -2.42. The van der Waals surface area contributed by atoms with Gasteiger partial charge < -0.3 is 9.32 Å². The first-order valence-electron chi connectivity index (χ1n) is 10.1. The molecule has 1 radical (unpaired) electrons. The maximum atomic E-state index is 13.1. The summed E-state index contributed by atoms with van der Waals surface area (Å²) < 4.78 is 6.30. The van der Waals surface area contributed by atoms with Crippen LogP contribution in [0.15, 0.2) is 51.7 Å². The van der Waals surface area contributed by atoms with E-state index in [0.717, 1.165) is 16.7 Å². The molecule has 3 aromatic rings. The first-order chi connectivity index (χ1) is 14.0. The highest BCUT2D eigenvalue weighted by atomic mass is 16.4. The third-order valence-electron chi connectivity index (χ3n) is 6.13. The molecule has 1 aromatic heterocycles. The molecule has 2 heterocycles. The van der Waals surface area contributed by atoms with Crippen molar-refractivity contribution in [3.8, 4) is 6.07 Å². The number of piperidine rings is 1. The Morgan fingerprint density at radius 3 is 2.48 bits per heavy atom. The van der Waals surface area contributed by atoms with Gasteiger partial charge in [-0.2, -0.15) is 5.26 Å². The number of hydrogen-bond donors (Lipinski definition) is 0.